The first-order valence-corrected chi connectivity index (χ1v) is 19.3. The van der Waals surface area contributed by atoms with Crippen LogP contribution in [0.4, 0.5) is 0 Å². The molecule has 0 bridgehead atoms. The van der Waals surface area contributed by atoms with Crippen molar-refractivity contribution in [1.29, 1.82) is 0 Å². The van der Waals surface area contributed by atoms with Gasteiger partial charge in [0.25, 0.3) is 0 Å². The molecule has 1 aliphatic carbocycles. The van der Waals surface area contributed by atoms with Crippen molar-refractivity contribution in [3.63, 3.8) is 0 Å². The molecule has 0 radical (unpaired) electrons. The van der Waals surface area contributed by atoms with Crippen molar-refractivity contribution in [3.05, 3.63) is 69.4 Å². The topological polar surface area (TPSA) is 105 Å². The Bertz CT molecular complexity index is 1810. The summed E-state index contributed by atoms with van der Waals surface area (Å²) in [6, 6.07) is 14.7. The van der Waals surface area contributed by atoms with E-state index < -0.39 is 0 Å². The lowest BCUT2D eigenvalue weighted by atomic mass is 9.91. The maximum absolute atomic E-state index is 13.4. The lowest BCUT2D eigenvalue weighted by Crippen LogP contribution is -2.16. The molecule has 8 nitrogen and oxygen atoms in total. The molecule has 0 aliphatic heterocycles. The van der Waals surface area contributed by atoms with Gasteiger partial charge in [0.15, 0.2) is 0 Å². The highest BCUT2D eigenvalue weighted by Gasteiger charge is 2.29. The maximum Gasteiger partial charge on any atom is 0.311 e. The van der Waals surface area contributed by atoms with Gasteiger partial charge >= 0.3 is 23.9 Å². The summed E-state index contributed by atoms with van der Waals surface area (Å²) in [7, 11) is 0. The van der Waals surface area contributed by atoms with E-state index in [4.69, 9.17) is 18.9 Å². The third-order valence-electron chi connectivity index (χ3n) is 9.54. The second-order valence-electron chi connectivity index (χ2n) is 13.6. The van der Waals surface area contributed by atoms with Gasteiger partial charge in [-0.15, -0.1) is 0 Å². The van der Waals surface area contributed by atoms with E-state index in [0.717, 1.165) is 51.4 Å². The van der Waals surface area contributed by atoms with Crippen molar-refractivity contribution in [2.24, 2.45) is 0 Å². The second kappa shape index (κ2) is 18.7. The first kappa shape index (κ1) is 38.5. The summed E-state index contributed by atoms with van der Waals surface area (Å²) in [5.41, 5.74) is 0. The van der Waals surface area contributed by atoms with Crippen LogP contribution in [-0.2, 0) is 19.2 Å². The summed E-state index contributed by atoms with van der Waals surface area (Å²) in [4.78, 5) is 53.7. The van der Waals surface area contributed by atoms with Gasteiger partial charge in [0.2, 0.25) is 0 Å². The lowest BCUT2D eigenvalue weighted by molar-refractivity contribution is -0.135. The average Bonchev–Trinajstić information content (AvgIpc) is 3.12. The monoisotopic (exact) mass is 708 g/mol. The van der Waals surface area contributed by atoms with Gasteiger partial charge in [-0.1, -0.05) is 128 Å². The largest absolute Gasteiger partial charge is 0.425 e. The molecule has 1 aliphatic rings. The summed E-state index contributed by atoms with van der Waals surface area (Å²) < 4.78 is 25.0. The van der Waals surface area contributed by atoms with Crippen LogP contribution in [0.2, 0.25) is 0 Å². The molecule has 0 fully saturated rings. The zero-order chi connectivity index (χ0) is 37.0. The minimum Gasteiger partial charge on any atom is -0.425 e. The molecular weight excluding hydrogens is 656 g/mol. The van der Waals surface area contributed by atoms with Crippen LogP contribution < -0.4 is 18.9 Å². The number of rotatable bonds is 20. The van der Waals surface area contributed by atoms with Crippen LogP contribution in [0.3, 0.4) is 0 Å². The van der Waals surface area contributed by atoms with Crippen LogP contribution in [0, 0.1) is 20.9 Å². The summed E-state index contributed by atoms with van der Waals surface area (Å²) in [6.07, 6.45) is 11.0. The van der Waals surface area contributed by atoms with E-state index in [1.54, 1.807) is 0 Å². The zero-order valence-corrected chi connectivity index (χ0v) is 31.2. The highest BCUT2D eigenvalue weighted by atomic mass is 16.6. The lowest BCUT2D eigenvalue weighted by Gasteiger charge is -2.22. The highest BCUT2D eigenvalue weighted by molar-refractivity contribution is 6.01. The maximum atomic E-state index is 13.4. The van der Waals surface area contributed by atoms with Crippen molar-refractivity contribution < 1.29 is 38.1 Å². The molecule has 4 aromatic rings. The van der Waals surface area contributed by atoms with Gasteiger partial charge in [0.1, 0.15) is 23.0 Å². The van der Waals surface area contributed by atoms with E-state index in [1.807, 2.05) is 48.5 Å². The summed E-state index contributed by atoms with van der Waals surface area (Å²) in [5.74, 6) is -0.373. The Morgan fingerprint density at radius 3 is 0.769 bits per heavy atom. The molecule has 0 unspecified atom stereocenters. The smallest absolute Gasteiger partial charge is 0.311 e. The highest BCUT2D eigenvalue weighted by Crippen LogP contribution is 2.47. The average molecular weight is 709 g/mol. The predicted molar refractivity (Wildman–Crippen MR) is 202 cm³/mol. The molecule has 0 saturated heterocycles. The van der Waals surface area contributed by atoms with E-state index in [0.29, 0.717) is 91.1 Å². The number of esters is 4. The van der Waals surface area contributed by atoms with E-state index in [9.17, 15) is 19.2 Å². The van der Waals surface area contributed by atoms with Crippen molar-refractivity contribution in [2.75, 3.05) is 0 Å². The second-order valence-corrected chi connectivity index (χ2v) is 13.6. The number of carbonyl (C=O) groups is 4. The molecule has 0 saturated carbocycles. The number of unbranched alkanes of at least 4 members (excludes halogenated alkanes) is 8. The number of benzene rings is 4. The fraction of sp³-hybridized carbons (Fsp3) is 0.455. The Labute approximate surface area is 305 Å². The van der Waals surface area contributed by atoms with Gasteiger partial charge in [-0.2, -0.15) is 0 Å². The van der Waals surface area contributed by atoms with E-state index in [-0.39, 0.29) is 49.6 Å². The van der Waals surface area contributed by atoms with Crippen LogP contribution >= 0.6 is 0 Å². The van der Waals surface area contributed by atoms with Crippen molar-refractivity contribution in [3.8, 4) is 23.0 Å². The fourth-order valence-electron chi connectivity index (χ4n) is 6.80. The van der Waals surface area contributed by atoms with Crippen molar-refractivity contribution >= 4 is 45.4 Å². The fourth-order valence-corrected chi connectivity index (χ4v) is 6.80. The molecule has 0 aromatic heterocycles. The quantitative estimate of drug-likeness (QED) is 0.0447. The molecule has 52 heavy (non-hydrogen) atoms. The van der Waals surface area contributed by atoms with E-state index in [1.165, 1.54) is 0 Å². The summed E-state index contributed by atoms with van der Waals surface area (Å²) in [5, 5.41) is 4.27. The predicted octanol–water partition coefficient (Wildman–Crippen LogP) is 10.8. The third-order valence-corrected chi connectivity index (χ3v) is 9.54. The number of ether oxygens (including phenoxy) is 4. The first-order chi connectivity index (χ1) is 25.3. The molecule has 0 amide bonds. The number of hydrogen-bond donors (Lipinski definition) is 0. The Balaban J connectivity index is 1.87. The summed E-state index contributed by atoms with van der Waals surface area (Å²) >= 11 is 0. The van der Waals surface area contributed by atoms with Gasteiger partial charge in [0, 0.05) is 68.1 Å². The summed E-state index contributed by atoms with van der Waals surface area (Å²) in [6.45, 7) is 8.30. The Kier molecular flexibility index (Phi) is 13.8. The molecule has 8 heteroatoms. The van der Waals surface area contributed by atoms with Gasteiger partial charge in [-0.25, -0.2) is 0 Å². The third kappa shape index (κ3) is 8.66. The molecule has 0 N–H and O–H groups in total. The Morgan fingerprint density at radius 2 is 0.577 bits per heavy atom. The SMILES string of the molecule is CCCCCC(=O)Oc1c2c(c(OC(=O)CCCCC)c3ccccc13)=c1c(OC(=O)CCCCC)c3ccccc3c(OC(=O)CCCCC)c1=2. The normalized spacial score (nSPS) is 11.5. The van der Waals surface area contributed by atoms with E-state index >= 15 is 0 Å². The standard InChI is InChI=1S/C44H52O8/c1-5-9-13-25-33(45)49-41-29-21-17-18-22-30(29)42(50-34(46)26-14-10-6-2)38-37(41)39-40(38)44(52-36(48)28-16-12-8-4)32-24-20-19-23-31(32)43(39)51-35(47)27-15-11-7-3/h17-24H,5-16,25-28H2,1-4H3. The van der Waals surface area contributed by atoms with Crippen molar-refractivity contribution in [2.45, 2.75) is 130 Å². The molecular formula is C44H52O8. The van der Waals surface area contributed by atoms with Crippen LogP contribution in [0.1, 0.15) is 130 Å². The number of hydrogen-bond acceptors (Lipinski definition) is 8. The minimum atomic E-state index is -0.389. The number of fused-ring (bicyclic) bond motifs is 4. The van der Waals surface area contributed by atoms with Crippen LogP contribution in [0.25, 0.3) is 21.5 Å². The molecule has 4 aromatic carbocycles. The van der Waals surface area contributed by atoms with Crippen LogP contribution in [0.15, 0.2) is 48.5 Å². The van der Waals surface area contributed by atoms with Gasteiger partial charge in [0.05, 0.1) is 0 Å². The molecule has 0 atom stereocenters. The van der Waals surface area contributed by atoms with E-state index in [2.05, 4.69) is 27.7 Å². The molecule has 5 rings (SSSR count). The van der Waals surface area contributed by atoms with Crippen molar-refractivity contribution in [1.82, 2.24) is 0 Å². The van der Waals surface area contributed by atoms with Gasteiger partial charge in [-0.3, -0.25) is 19.2 Å². The molecule has 276 valence electrons. The van der Waals surface area contributed by atoms with Crippen LogP contribution in [0.5, 0.6) is 23.0 Å². The minimum absolute atomic E-state index is 0.232. The molecule has 0 spiro atoms. The number of carbonyl (C=O) groups excluding carboxylic acids is 4. The van der Waals surface area contributed by atoms with Crippen LogP contribution in [-0.4, -0.2) is 23.9 Å². The Hall–Kier alpha value is -4.72. The zero-order valence-electron chi connectivity index (χ0n) is 31.2. The van der Waals surface area contributed by atoms with Gasteiger partial charge in [-0.05, 0) is 25.7 Å². The molecule has 0 heterocycles. The van der Waals surface area contributed by atoms with Gasteiger partial charge < -0.3 is 18.9 Å². The Morgan fingerprint density at radius 1 is 0.365 bits per heavy atom. The first-order valence-electron chi connectivity index (χ1n) is 19.3.